The molecule has 6 rings (SSSR count). The molecule has 2 aromatic heterocycles. The fraction of sp³-hybridized carbons (Fsp3) is 0.282. The van der Waals surface area contributed by atoms with E-state index in [2.05, 4.69) is 5.10 Å². The van der Waals surface area contributed by atoms with Crippen LogP contribution in [0.4, 0.5) is 18.0 Å². The summed E-state index contributed by atoms with van der Waals surface area (Å²) < 4.78 is 54.7. The molecule has 0 unspecified atom stereocenters. The molecule has 0 atom stereocenters. The van der Waals surface area contributed by atoms with Crippen LogP contribution in [0, 0.1) is 18.6 Å². The number of rotatable bonds is 10. The first kappa shape index (κ1) is 32.9. The standard InChI is InChI=1S/C39H39F3N4O2/c1-26-11-8-9-14-30(26)37-36(42)35-31-24-43-46(29-12-6-5-7-13-29)33(31)17-18-34(35)45(37)25-28-16-15-27(23-32(28)41)19-22-44(21-10-20-40)38(47)48-39(2,3)4/h5-9,11-18,23-24H,10,19-22,25H2,1-4H3. The molecule has 0 spiro atoms. The Morgan fingerprint density at radius 1 is 0.917 bits per heavy atom. The highest BCUT2D eigenvalue weighted by Crippen LogP contribution is 2.39. The Bertz CT molecular complexity index is 2080. The lowest BCUT2D eigenvalue weighted by atomic mass is 10.0. The number of hydrogen-bond acceptors (Lipinski definition) is 3. The topological polar surface area (TPSA) is 52.3 Å². The number of amides is 1. The molecule has 9 heteroatoms. The Morgan fingerprint density at radius 3 is 2.35 bits per heavy atom. The molecule has 0 aliphatic carbocycles. The van der Waals surface area contributed by atoms with Crippen molar-refractivity contribution < 1.29 is 22.7 Å². The van der Waals surface area contributed by atoms with Crippen molar-refractivity contribution in [2.45, 2.75) is 52.7 Å². The minimum atomic E-state index is -0.688. The molecule has 2 heterocycles. The second-order valence-corrected chi connectivity index (χ2v) is 13.0. The second-order valence-electron chi connectivity index (χ2n) is 13.0. The summed E-state index contributed by atoms with van der Waals surface area (Å²) in [5.41, 5.74) is 4.66. The van der Waals surface area contributed by atoms with Crippen LogP contribution in [0.1, 0.15) is 43.9 Å². The van der Waals surface area contributed by atoms with Gasteiger partial charge in [0.05, 0.1) is 41.8 Å². The number of para-hydroxylation sites is 1. The van der Waals surface area contributed by atoms with Crippen molar-refractivity contribution in [3.05, 3.63) is 119 Å². The van der Waals surface area contributed by atoms with Crippen LogP contribution in [0.25, 0.3) is 38.8 Å². The number of carbonyl (C=O) groups is 1. The van der Waals surface area contributed by atoms with Gasteiger partial charge in [-0.2, -0.15) is 5.10 Å². The molecule has 6 nitrogen and oxygen atoms in total. The van der Waals surface area contributed by atoms with Crippen LogP contribution in [-0.2, 0) is 17.7 Å². The van der Waals surface area contributed by atoms with Crippen LogP contribution in [-0.4, -0.2) is 50.7 Å². The van der Waals surface area contributed by atoms with Crippen LogP contribution >= 0.6 is 0 Å². The largest absolute Gasteiger partial charge is 0.444 e. The van der Waals surface area contributed by atoms with E-state index in [-0.39, 0.29) is 31.9 Å². The zero-order chi connectivity index (χ0) is 34.0. The van der Waals surface area contributed by atoms with E-state index < -0.39 is 24.2 Å². The molecule has 0 bridgehead atoms. The smallest absolute Gasteiger partial charge is 0.410 e. The van der Waals surface area contributed by atoms with Gasteiger partial charge in [0.25, 0.3) is 0 Å². The first-order valence-electron chi connectivity index (χ1n) is 16.2. The number of nitrogens with zero attached hydrogens (tertiary/aromatic N) is 4. The van der Waals surface area contributed by atoms with Gasteiger partial charge in [0.2, 0.25) is 0 Å². The van der Waals surface area contributed by atoms with E-state index in [0.717, 1.165) is 22.3 Å². The Labute approximate surface area is 278 Å². The van der Waals surface area contributed by atoms with E-state index in [4.69, 9.17) is 4.74 Å². The summed E-state index contributed by atoms with van der Waals surface area (Å²) in [7, 11) is 0. The molecule has 0 radical (unpaired) electrons. The summed E-state index contributed by atoms with van der Waals surface area (Å²) in [6.45, 7) is 7.26. The van der Waals surface area contributed by atoms with Gasteiger partial charge in [0, 0.05) is 35.0 Å². The number of benzene rings is 4. The normalized spacial score (nSPS) is 11.8. The van der Waals surface area contributed by atoms with E-state index in [1.54, 1.807) is 37.7 Å². The van der Waals surface area contributed by atoms with E-state index >= 15 is 8.78 Å². The van der Waals surface area contributed by atoms with Gasteiger partial charge in [-0.15, -0.1) is 0 Å². The molecular formula is C39H39F3N4O2. The number of halogens is 3. The van der Waals surface area contributed by atoms with Gasteiger partial charge in [0.1, 0.15) is 11.4 Å². The lowest BCUT2D eigenvalue weighted by Crippen LogP contribution is -2.38. The molecule has 0 N–H and O–H groups in total. The average Bonchev–Trinajstić information content (AvgIpc) is 3.60. The maximum Gasteiger partial charge on any atom is 0.410 e. The van der Waals surface area contributed by atoms with Crippen molar-refractivity contribution in [1.29, 1.82) is 0 Å². The van der Waals surface area contributed by atoms with Crippen LogP contribution in [0.5, 0.6) is 0 Å². The molecule has 0 saturated heterocycles. The molecule has 1 amide bonds. The van der Waals surface area contributed by atoms with Crippen molar-refractivity contribution >= 4 is 27.9 Å². The fourth-order valence-corrected chi connectivity index (χ4v) is 6.12. The monoisotopic (exact) mass is 652 g/mol. The van der Waals surface area contributed by atoms with E-state index in [1.807, 2.05) is 84.3 Å². The zero-order valence-electron chi connectivity index (χ0n) is 27.6. The van der Waals surface area contributed by atoms with Gasteiger partial charge >= 0.3 is 6.09 Å². The van der Waals surface area contributed by atoms with Crippen molar-refractivity contribution in [3.63, 3.8) is 0 Å². The maximum atomic E-state index is 16.8. The highest BCUT2D eigenvalue weighted by molar-refractivity contribution is 6.08. The summed E-state index contributed by atoms with van der Waals surface area (Å²) in [5.74, 6) is -0.818. The van der Waals surface area contributed by atoms with Crippen LogP contribution < -0.4 is 0 Å². The number of hydrogen-bond donors (Lipinski definition) is 0. The zero-order valence-corrected chi connectivity index (χ0v) is 27.6. The summed E-state index contributed by atoms with van der Waals surface area (Å²) >= 11 is 0. The third kappa shape index (κ3) is 6.68. The summed E-state index contributed by atoms with van der Waals surface area (Å²) in [5, 5.41) is 5.70. The molecule has 248 valence electrons. The quantitative estimate of drug-likeness (QED) is 0.148. The Hall–Kier alpha value is -5.05. The van der Waals surface area contributed by atoms with Gasteiger partial charge in [-0.25, -0.2) is 18.3 Å². The molecule has 0 fully saturated rings. The molecule has 0 saturated carbocycles. The predicted octanol–water partition coefficient (Wildman–Crippen LogP) is 9.42. The summed E-state index contributed by atoms with van der Waals surface area (Å²) in [6, 6.07) is 26.1. The van der Waals surface area contributed by atoms with Gasteiger partial charge < -0.3 is 14.2 Å². The number of carbonyl (C=O) groups excluding carboxylic acids is 1. The van der Waals surface area contributed by atoms with Gasteiger partial charge in [0.15, 0.2) is 5.82 Å². The van der Waals surface area contributed by atoms with E-state index in [1.165, 1.54) is 11.0 Å². The number of fused-ring (bicyclic) bond motifs is 3. The number of aromatic nitrogens is 3. The molecule has 0 aliphatic rings. The number of ether oxygens (including phenoxy) is 1. The summed E-state index contributed by atoms with van der Waals surface area (Å²) in [6.07, 6.45) is 1.71. The van der Waals surface area contributed by atoms with E-state index in [9.17, 15) is 9.18 Å². The Balaban J connectivity index is 1.36. The maximum absolute atomic E-state index is 16.8. The molecule has 4 aromatic carbocycles. The average molecular weight is 653 g/mol. The van der Waals surface area contributed by atoms with Crippen molar-refractivity contribution in [1.82, 2.24) is 19.2 Å². The third-order valence-electron chi connectivity index (χ3n) is 8.45. The SMILES string of the molecule is Cc1ccccc1-c1c(F)c2c3cnn(-c4ccccc4)c3ccc2n1Cc1ccc(CCN(CCCF)C(=O)OC(C)(C)C)cc1F. The lowest BCUT2D eigenvalue weighted by Gasteiger charge is -2.27. The minimum Gasteiger partial charge on any atom is -0.444 e. The van der Waals surface area contributed by atoms with Crippen LogP contribution in [0.15, 0.2) is 91.1 Å². The number of aryl methyl sites for hydroxylation is 1. The number of alkyl halides is 1. The highest BCUT2D eigenvalue weighted by Gasteiger charge is 2.25. The molecule has 0 aliphatic heterocycles. The van der Waals surface area contributed by atoms with E-state index in [0.29, 0.717) is 39.5 Å². The van der Waals surface area contributed by atoms with Crippen molar-refractivity contribution in [3.8, 4) is 16.9 Å². The lowest BCUT2D eigenvalue weighted by molar-refractivity contribution is 0.0247. The summed E-state index contributed by atoms with van der Waals surface area (Å²) in [4.78, 5) is 14.2. The minimum absolute atomic E-state index is 0.0923. The molecular weight excluding hydrogens is 613 g/mol. The molecule has 6 aromatic rings. The van der Waals surface area contributed by atoms with Crippen molar-refractivity contribution in [2.24, 2.45) is 0 Å². The highest BCUT2D eigenvalue weighted by atomic mass is 19.1. The second kappa shape index (κ2) is 13.6. The van der Waals surface area contributed by atoms with Crippen LogP contribution in [0.2, 0.25) is 0 Å². The fourth-order valence-electron chi connectivity index (χ4n) is 6.12. The van der Waals surface area contributed by atoms with Gasteiger partial charge in [-0.05, 0) is 82.0 Å². The van der Waals surface area contributed by atoms with Gasteiger partial charge in [-0.3, -0.25) is 4.39 Å². The third-order valence-corrected chi connectivity index (χ3v) is 8.45. The Morgan fingerprint density at radius 2 is 1.65 bits per heavy atom. The van der Waals surface area contributed by atoms with Crippen molar-refractivity contribution in [2.75, 3.05) is 19.8 Å². The van der Waals surface area contributed by atoms with Crippen LogP contribution in [0.3, 0.4) is 0 Å². The first-order valence-corrected chi connectivity index (χ1v) is 16.2. The molecule has 48 heavy (non-hydrogen) atoms. The first-order chi connectivity index (χ1) is 23.1. The predicted molar refractivity (Wildman–Crippen MR) is 184 cm³/mol. The van der Waals surface area contributed by atoms with Gasteiger partial charge in [-0.1, -0.05) is 54.6 Å². The Kier molecular flexibility index (Phi) is 9.31.